The lowest BCUT2D eigenvalue weighted by Gasteiger charge is -2.30. The number of aliphatic hydroxyl groups excluding tert-OH is 2. The maximum atomic E-state index is 12.4. The molecule has 2 rings (SSSR count). The van der Waals surface area contributed by atoms with Crippen molar-refractivity contribution in [2.24, 2.45) is 11.5 Å². The second-order valence-corrected chi connectivity index (χ2v) is 5.66. The molecule has 6 N–H and O–H groups in total. The van der Waals surface area contributed by atoms with Crippen LogP contribution in [0.25, 0.3) is 0 Å². The standard InChI is InChI=1S/2C6H11F2NO.2ClH/c2*7-6(8)2-1-4(9)5(10)3-6;;/h2*4-5,10H,1-3,9H2;2*1H/t2*4-,5+;;/m10../s1. The molecule has 22 heavy (non-hydrogen) atoms. The second kappa shape index (κ2) is 9.44. The smallest absolute Gasteiger partial charge is 0.250 e. The Morgan fingerprint density at radius 1 is 0.727 bits per heavy atom. The highest BCUT2D eigenvalue weighted by atomic mass is 35.5. The number of hydrogen-bond donors (Lipinski definition) is 4. The Balaban J connectivity index is 0. The summed E-state index contributed by atoms with van der Waals surface area (Å²) in [6.45, 7) is 0. The van der Waals surface area contributed by atoms with E-state index in [0.29, 0.717) is 0 Å². The van der Waals surface area contributed by atoms with Gasteiger partial charge in [0.1, 0.15) is 0 Å². The van der Waals surface area contributed by atoms with Gasteiger partial charge in [-0.2, -0.15) is 0 Å². The quantitative estimate of drug-likeness (QED) is 0.486. The van der Waals surface area contributed by atoms with Gasteiger partial charge >= 0.3 is 0 Å². The van der Waals surface area contributed by atoms with Crippen molar-refractivity contribution in [2.75, 3.05) is 0 Å². The van der Waals surface area contributed by atoms with Gasteiger partial charge in [0.25, 0.3) is 11.8 Å². The van der Waals surface area contributed by atoms with E-state index in [2.05, 4.69) is 0 Å². The van der Waals surface area contributed by atoms with Crippen LogP contribution in [0.4, 0.5) is 17.6 Å². The minimum absolute atomic E-state index is 0. The third-order valence-electron chi connectivity index (χ3n) is 3.69. The van der Waals surface area contributed by atoms with Crippen LogP contribution in [0, 0.1) is 0 Å². The van der Waals surface area contributed by atoms with E-state index in [-0.39, 0.29) is 50.5 Å². The van der Waals surface area contributed by atoms with Gasteiger partial charge in [0.05, 0.1) is 12.2 Å². The van der Waals surface area contributed by atoms with Crippen molar-refractivity contribution < 1.29 is 27.8 Å². The molecule has 2 saturated carbocycles. The molecule has 0 saturated heterocycles. The molecule has 0 aromatic carbocycles. The van der Waals surface area contributed by atoms with Gasteiger partial charge in [0.15, 0.2) is 0 Å². The van der Waals surface area contributed by atoms with Crippen molar-refractivity contribution in [2.45, 2.75) is 74.7 Å². The van der Waals surface area contributed by atoms with E-state index in [9.17, 15) is 17.6 Å². The third-order valence-corrected chi connectivity index (χ3v) is 3.69. The molecule has 4 atom stereocenters. The summed E-state index contributed by atoms with van der Waals surface area (Å²) >= 11 is 0. The third kappa shape index (κ3) is 8.12. The van der Waals surface area contributed by atoms with Crippen molar-refractivity contribution in [1.29, 1.82) is 0 Å². The van der Waals surface area contributed by atoms with Crippen LogP contribution in [0.15, 0.2) is 0 Å². The second-order valence-electron chi connectivity index (χ2n) is 5.66. The highest BCUT2D eigenvalue weighted by Gasteiger charge is 2.39. The molecule has 0 amide bonds. The molecule has 2 aliphatic rings. The van der Waals surface area contributed by atoms with Gasteiger partial charge in [-0.15, -0.1) is 24.8 Å². The molecule has 0 heterocycles. The molecule has 0 spiro atoms. The molecule has 4 nitrogen and oxygen atoms in total. The Labute approximate surface area is 139 Å². The molecule has 136 valence electrons. The minimum Gasteiger partial charge on any atom is -0.391 e. The Morgan fingerprint density at radius 2 is 1.00 bits per heavy atom. The van der Waals surface area contributed by atoms with Crippen LogP contribution in [0.3, 0.4) is 0 Å². The Bertz CT molecular complexity index is 298. The van der Waals surface area contributed by atoms with E-state index < -0.39 is 49.0 Å². The zero-order chi connectivity index (χ0) is 15.6. The van der Waals surface area contributed by atoms with Crippen LogP contribution in [0.2, 0.25) is 0 Å². The normalized spacial score (nSPS) is 36.0. The van der Waals surface area contributed by atoms with Gasteiger partial charge in [-0.3, -0.25) is 0 Å². The molecule has 0 aromatic rings. The molecule has 0 aromatic heterocycles. The van der Waals surface area contributed by atoms with Gasteiger partial charge in [-0.25, -0.2) is 17.6 Å². The number of aliphatic hydroxyl groups is 2. The summed E-state index contributed by atoms with van der Waals surface area (Å²) < 4.78 is 49.7. The van der Waals surface area contributed by atoms with E-state index in [1.165, 1.54) is 0 Å². The first-order valence-corrected chi connectivity index (χ1v) is 6.65. The lowest BCUT2D eigenvalue weighted by Crippen LogP contribution is -2.44. The number of halogens is 6. The lowest BCUT2D eigenvalue weighted by molar-refractivity contribution is -0.0833. The SMILES string of the molecule is Cl.Cl.N[C@@H]1CCC(F)(F)C[C@@H]1O.N[C@H]1CCC(F)(F)C[C@H]1O. The molecule has 10 heteroatoms. The predicted octanol–water partition coefficient (Wildman–Crippen LogP) is 1.83. The number of nitrogens with two attached hydrogens (primary N) is 2. The average molecular weight is 375 g/mol. The zero-order valence-electron chi connectivity index (χ0n) is 11.9. The van der Waals surface area contributed by atoms with E-state index in [1.807, 2.05) is 0 Å². The summed E-state index contributed by atoms with van der Waals surface area (Å²) in [7, 11) is 0. The van der Waals surface area contributed by atoms with Gasteiger partial charge < -0.3 is 21.7 Å². The monoisotopic (exact) mass is 374 g/mol. The number of alkyl halides is 4. The summed E-state index contributed by atoms with van der Waals surface area (Å²) in [6, 6.07) is -0.917. The largest absolute Gasteiger partial charge is 0.391 e. The Hall–Kier alpha value is 0.140. The summed E-state index contributed by atoms with van der Waals surface area (Å²) in [5.41, 5.74) is 10.6. The van der Waals surface area contributed by atoms with Crippen molar-refractivity contribution in [1.82, 2.24) is 0 Å². The van der Waals surface area contributed by atoms with E-state index in [0.717, 1.165) is 0 Å². The van der Waals surface area contributed by atoms with E-state index >= 15 is 0 Å². The van der Waals surface area contributed by atoms with Crippen molar-refractivity contribution in [3.8, 4) is 0 Å². The fraction of sp³-hybridized carbons (Fsp3) is 1.00. The zero-order valence-corrected chi connectivity index (χ0v) is 13.6. The maximum absolute atomic E-state index is 12.4. The van der Waals surface area contributed by atoms with Crippen LogP contribution in [-0.2, 0) is 0 Å². The van der Waals surface area contributed by atoms with Crippen molar-refractivity contribution >= 4 is 24.8 Å². The molecule has 2 fully saturated rings. The lowest BCUT2D eigenvalue weighted by atomic mass is 9.90. The summed E-state index contributed by atoms with van der Waals surface area (Å²) in [4.78, 5) is 0. The summed E-state index contributed by atoms with van der Waals surface area (Å²) in [6.07, 6.45) is -2.95. The highest BCUT2D eigenvalue weighted by Crippen LogP contribution is 2.33. The van der Waals surface area contributed by atoms with Crippen LogP contribution in [0.5, 0.6) is 0 Å². The Kier molecular flexibility index (Phi) is 10.5. The molecular formula is C12H24Cl2F4N2O2. The first-order chi connectivity index (χ1) is 9.02. The molecule has 0 bridgehead atoms. The summed E-state index contributed by atoms with van der Waals surface area (Å²) in [5, 5.41) is 17.8. The van der Waals surface area contributed by atoms with Crippen LogP contribution < -0.4 is 11.5 Å². The molecule has 0 aliphatic heterocycles. The summed E-state index contributed by atoms with van der Waals surface area (Å²) in [5.74, 6) is -5.40. The fourth-order valence-corrected chi connectivity index (χ4v) is 2.26. The first-order valence-electron chi connectivity index (χ1n) is 6.65. The minimum atomic E-state index is -2.70. The van der Waals surface area contributed by atoms with Crippen molar-refractivity contribution in [3.05, 3.63) is 0 Å². The van der Waals surface area contributed by atoms with Crippen molar-refractivity contribution in [3.63, 3.8) is 0 Å². The van der Waals surface area contributed by atoms with E-state index in [1.54, 1.807) is 0 Å². The highest BCUT2D eigenvalue weighted by molar-refractivity contribution is 5.85. The molecule has 0 unspecified atom stereocenters. The number of hydrogen-bond acceptors (Lipinski definition) is 4. The van der Waals surface area contributed by atoms with E-state index in [4.69, 9.17) is 21.7 Å². The predicted molar refractivity (Wildman–Crippen MR) is 80.1 cm³/mol. The van der Waals surface area contributed by atoms with Gasteiger partial charge in [-0.1, -0.05) is 0 Å². The molecule has 2 aliphatic carbocycles. The average Bonchev–Trinajstić information content (AvgIpc) is 2.30. The number of rotatable bonds is 0. The molecule has 0 radical (unpaired) electrons. The molecular weight excluding hydrogens is 351 g/mol. The van der Waals surface area contributed by atoms with Crippen LogP contribution in [-0.4, -0.2) is 46.3 Å². The first kappa shape index (κ1) is 24.4. The topological polar surface area (TPSA) is 92.5 Å². The van der Waals surface area contributed by atoms with Gasteiger partial charge in [0, 0.05) is 37.8 Å². The van der Waals surface area contributed by atoms with Crippen LogP contribution >= 0.6 is 24.8 Å². The Morgan fingerprint density at radius 3 is 1.18 bits per heavy atom. The fourth-order valence-electron chi connectivity index (χ4n) is 2.26. The maximum Gasteiger partial charge on any atom is 0.250 e. The van der Waals surface area contributed by atoms with Gasteiger partial charge in [-0.05, 0) is 12.8 Å². The van der Waals surface area contributed by atoms with Gasteiger partial charge in [0.2, 0.25) is 0 Å². The van der Waals surface area contributed by atoms with Crippen LogP contribution in [0.1, 0.15) is 38.5 Å².